The van der Waals surface area contributed by atoms with E-state index < -0.39 is 0 Å². The van der Waals surface area contributed by atoms with Crippen molar-refractivity contribution in [3.8, 4) is 0 Å². The van der Waals surface area contributed by atoms with Crippen LogP contribution in [0.1, 0.15) is 18.2 Å². The average molecular weight is 273 g/mol. The number of para-hydroxylation sites is 1. The van der Waals surface area contributed by atoms with Gasteiger partial charge in [-0.2, -0.15) is 0 Å². The van der Waals surface area contributed by atoms with Gasteiger partial charge in [-0.1, -0.05) is 25.1 Å². The minimum absolute atomic E-state index is 0.244. The molecule has 0 unspecified atom stereocenters. The molecule has 0 saturated heterocycles. The fourth-order valence-electron chi connectivity index (χ4n) is 2.06. The molecule has 1 aromatic heterocycles. The van der Waals surface area contributed by atoms with Crippen molar-refractivity contribution in [1.29, 1.82) is 0 Å². The van der Waals surface area contributed by atoms with Crippen LogP contribution in [0.15, 0.2) is 36.4 Å². The maximum absolute atomic E-state index is 13.8. The fourth-order valence-corrected chi connectivity index (χ4v) is 2.06. The molecular formula is C16H20FN3. The lowest BCUT2D eigenvalue weighted by molar-refractivity contribution is 0.627. The Hall–Kier alpha value is -1.94. The van der Waals surface area contributed by atoms with Crippen molar-refractivity contribution in [3.63, 3.8) is 0 Å². The first-order valence-electron chi connectivity index (χ1n) is 6.79. The number of benzene rings is 1. The molecule has 0 radical (unpaired) electrons. The molecule has 20 heavy (non-hydrogen) atoms. The summed E-state index contributed by atoms with van der Waals surface area (Å²) in [4.78, 5) is 6.33. The molecule has 1 N–H and O–H groups in total. The molecular weight excluding hydrogens is 253 g/mol. The molecule has 0 atom stereocenters. The summed E-state index contributed by atoms with van der Waals surface area (Å²) in [5, 5.41) is 3.28. The number of aromatic nitrogens is 1. The number of anilines is 2. The molecule has 3 nitrogen and oxygen atoms in total. The summed E-state index contributed by atoms with van der Waals surface area (Å²) in [5.74, 6) is 0.499. The number of halogens is 1. The van der Waals surface area contributed by atoms with Crippen LogP contribution < -0.4 is 10.2 Å². The molecule has 0 aliphatic heterocycles. The molecule has 0 spiro atoms. The highest BCUT2D eigenvalue weighted by atomic mass is 19.1. The Balaban J connectivity index is 2.25. The summed E-state index contributed by atoms with van der Waals surface area (Å²) in [7, 11) is 1.82. The second-order valence-corrected chi connectivity index (χ2v) is 4.70. The number of pyridine rings is 1. The quantitative estimate of drug-likeness (QED) is 0.905. The Morgan fingerprint density at radius 1 is 1.20 bits per heavy atom. The molecule has 2 rings (SSSR count). The van der Waals surface area contributed by atoms with E-state index in [4.69, 9.17) is 0 Å². The Kier molecular flexibility index (Phi) is 4.69. The van der Waals surface area contributed by atoms with Gasteiger partial charge in [0.05, 0.1) is 5.69 Å². The van der Waals surface area contributed by atoms with Gasteiger partial charge in [-0.05, 0) is 37.2 Å². The molecule has 2 aromatic rings. The summed E-state index contributed by atoms with van der Waals surface area (Å²) < 4.78 is 13.8. The van der Waals surface area contributed by atoms with E-state index >= 15 is 0 Å². The summed E-state index contributed by atoms with van der Waals surface area (Å²) in [6, 6.07) is 10.7. The molecule has 0 aliphatic rings. The highest BCUT2D eigenvalue weighted by Gasteiger charge is 2.11. The minimum Gasteiger partial charge on any atom is -0.327 e. The van der Waals surface area contributed by atoms with Crippen molar-refractivity contribution in [2.24, 2.45) is 0 Å². The summed E-state index contributed by atoms with van der Waals surface area (Å²) in [5.41, 5.74) is 2.66. The first-order chi connectivity index (χ1) is 9.63. The third-order valence-electron chi connectivity index (χ3n) is 3.30. The number of nitrogens with zero attached hydrogens (tertiary/aromatic N) is 2. The average Bonchev–Trinajstić information content (AvgIpc) is 2.46. The van der Waals surface area contributed by atoms with Crippen molar-refractivity contribution in [1.82, 2.24) is 10.3 Å². The second-order valence-electron chi connectivity index (χ2n) is 4.70. The molecule has 0 amide bonds. The van der Waals surface area contributed by atoms with Crippen LogP contribution in [0, 0.1) is 12.7 Å². The molecule has 0 aliphatic carbocycles. The Bertz CT molecular complexity index is 584. The molecule has 106 valence electrons. The zero-order valence-corrected chi connectivity index (χ0v) is 12.2. The lowest BCUT2D eigenvalue weighted by Gasteiger charge is -2.20. The smallest absolute Gasteiger partial charge is 0.146 e. The van der Waals surface area contributed by atoms with E-state index in [1.165, 1.54) is 6.07 Å². The third kappa shape index (κ3) is 3.14. The minimum atomic E-state index is -0.244. The maximum Gasteiger partial charge on any atom is 0.146 e. The highest BCUT2D eigenvalue weighted by Crippen LogP contribution is 2.25. The van der Waals surface area contributed by atoms with Gasteiger partial charge >= 0.3 is 0 Å². The number of rotatable bonds is 5. The van der Waals surface area contributed by atoms with Crippen LogP contribution in [0.3, 0.4) is 0 Å². The van der Waals surface area contributed by atoms with Crippen LogP contribution in [-0.4, -0.2) is 18.6 Å². The lowest BCUT2D eigenvalue weighted by Crippen LogP contribution is -2.16. The normalized spacial score (nSPS) is 10.6. The van der Waals surface area contributed by atoms with Crippen molar-refractivity contribution < 1.29 is 4.39 Å². The van der Waals surface area contributed by atoms with Crippen LogP contribution in [-0.2, 0) is 6.54 Å². The SMILES string of the molecule is CCNCc1ccc(N(C)c2ccccc2F)nc1C. The van der Waals surface area contributed by atoms with Gasteiger partial charge in [0.1, 0.15) is 11.6 Å². The zero-order valence-electron chi connectivity index (χ0n) is 12.2. The molecule has 0 saturated carbocycles. The predicted octanol–water partition coefficient (Wildman–Crippen LogP) is 3.41. The van der Waals surface area contributed by atoms with E-state index in [2.05, 4.69) is 17.2 Å². The van der Waals surface area contributed by atoms with Crippen LogP contribution in [0.2, 0.25) is 0 Å². The van der Waals surface area contributed by atoms with Gasteiger partial charge in [0, 0.05) is 19.3 Å². The van der Waals surface area contributed by atoms with E-state index in [-0.39, 0.29) is 5.82 Å². The summed E-state index contributed by atoms with van der Waals surface area (Å²) >= 11 is 0. The predicted molar refractivity (Wildman–Crippen MR) is 80.8 cm³/mol. The van der Waals surface area contributed by atoms with Gasteiger partial charge < -0.3 is 10.2 Å². The van der Waals surface area contributed by atoms with Gasteiger partial charge in [0.2, 0.25) is 0 Å². The van der Waals surface area contributed by atoms with Crippen LogP contribution >= 0.6 is 0 Å². The largest absolute Gasteiger partial charge is 0.327 e. The Morgan fingerprint density at radius 2 is 1.95 bits per heavy atom. The lowest BCUT2D eigenvalue weighted by atomic mass is 10.2. The van der Waals surface area contributed by atoms with Crippen molar-refractivity contribution >= 4 is 11.5 Å². The van der Waals surface area contributed by atoms with Gasteiger partial charge in [0.15, 0.2) is 0 Å². The van der Waals surface area contributed by atoms with Gasteiger partial charge in [0.25, 0.3) is 0 Å². The Morgan fingerprint density at radius 3 is 2.60 bits per heavy atom. The summed E-state index contributed by atoms with van der Waals surface area (Å²) in [6.45, 7) is 5.78. The van der Waals surface area contributed by atoms with Crippen LogP contribution in [0.4, 0.5) is 15.9 Å². The number of hydrogen-bond donors (Lipinski definition) is 1. The Labute approximate surface area is 119 Å². The number of hydrogen-bond acceptors (Lipinski definition) is 3. The van der Waals surface area contributed by atoms with Gasteiger partial charge in [-0.25, -0.2) is 9.37 Å². The van der Waals surface area contributed by atoms with Crippen molar-refractivity contribution in [3.05, 3.63) is 53.5 Å². The molecule has 1 heterocycles. The van der Waals surface area contributed by atoms with Crippen LogP contribution in [0.25, 0.3) is 0 Å². The van der Waals surface area contributed by atoms with Gasteiger partial charge in [-0.3, -0.25) is 0 Å². The number of aryl methyl sites for hydroxylation is 1. The molecule has 0 bridgehead atoms. The highest BCUT2D eigenvalue weighted by molar-refractivity contribution is 5.60. The molecule has 0 fully saturated rings. The first kappa shape index (κ1) is 14.5. The van der Waals surface area contributed by atoms with E-state index in [9.17, 15) is 4.39 Å². The zero-order chi connectivity index (χ0) is 14.5. The third-order valence-corrected chi connectivity index (χ3v) is 3.30. The first-order valence-corrected chi connectivity index (χ1v) is 6.79. The van der Waals surface area contributed by atoms with Crippen LogP contribution in [0.5, 0.6) is 0 Å². The summed E-state index contributed by atoms with van der Waals surface area (Å²) in [6.07, 6.45) is 0. The standard InChI is InChI=1S/C16H20FN3/c1-4-18-11-13-9-10-16(19-12(13)2)20(3)15-8-6-5-7-14(15)17/h5-10,18H,4,11H2,1-3H3. The monoisotopic (exact) mass is 273 g/mol. The fraction of sp³-hybridized carbons (Fsp3) is 0.312. The van der Waals surface area contributed by atoms with E-state index in [0.717, 1.165) is 30.2 Å². The van der Waals surface area contributed by atoms with Crippen molar-refractivity contribution in [2.75, 3.05) is 18.5 Å². The van der Waals surface area contributed by atoms with E-state index in [1.807, 2.05) is 32.2 Å². The topological polar surface area (TPSA) is 28.2 Å². The van der Waals surface area contributed by atoms with E-state index in [1.54, 1.807) is 17.0 Å². The molecule has 4 heteroatoms. The van der Waals surface area contributed by atoms with E-state index in [0.29, 0.717) is 5.69 Å². The number of nitrogens with one attached hydrogen (secondary N) is 1. The maximum atomic E-state index is 13.8. The van der Waals surface area contributed by atoms with Gasteiger partial charge in [-0.15, -0.1) is 0 Å². The second kappa shape index (κ2) is 6.48. The molecule has 1 aromatic carbocycles. The van der Waals surface area contributed by atoms with Crippen molar-refractivity contribution in [2.45, 2.75) is 20.4 Å².